The maximum atomic E-state index is 13.0. The molecule has 20 heavy (non-hydrogen) atoms. The van der Waals surface area contributed by atoms with Crippen molar-refractivity contribution in [3.05, 3.63) is 35.6 Å². The molecule has 1 N–H and O–H groups in total. The average molecular weight is 277 g/mol. The van der Waals surface area contributed by atoms with Crippen LogP contribution < -0.4 is 5.32 Å². The van der Waals surface area contributed by atoms with Crippen LogP contribution in [0.2, 0.25) is 0 Å². The largest absolute Gasteiger partial charge is 0.368 e. The van der Waals surface area contributed by atoms with Crippen LogP contribution in [0.4, 0.5) is 4.39 Å². The molecule has 3 nitrogen and oxygen atoms in total. The number of carbonyl (C=O) groups is 1. The molecule has 108 valence electrons. The highest BCUT2D eigenvalue weighted by molar-refractivity contribution is 5.81. The van der Waals surface area contributed by atoms with Crippen LogP contribution >= 0.6 is 0 Å². The minimum Gasteiger partial charge on any atom is -0.368 e. The second kappa shape index (κ2) is 5.52. The molecular formula is C16H20FNO2. The summed E-state index contributed by atoms with van der Waals surface area (Å²) in [4.78, 5) is 12.0. The normalized spacial score (nSPS) is 24.1. The molecule has 0 aromatic heterocycles. The van der Waals surface area contributed by atoms with Crippen LogP contribution in [-0.2, 0) is 14.9 Å². The van der Waals surface area contributed by atoms with E-state index in [0.717, 1.165) is 37.7 Å². The Bertz CT molecular complexity index is 476. The molecular weight excluding hydrogens is 257 g/mol. The summed E-state index contributed by atoms with van der Waals surface area (Å²) < 4.78 is 18.4. The Morgan fingerprint density at radius 2 is 2.05 bits per heavy atom. The van der Waals surface area contributed by atoms with Gasteiger partial charge in [0, 0.05) is 18.6 Å². The van der Waals surface area contributed by atoms with Crippen LogP contribution in [0, 0.1) is 5.82 Å². The molecule has 1 aromatic carbocycles. The lowest BCUT2D eigenvalue weighted by Gasteiger charge is -2.42. The van der Waals surface area contributed by atoms with E-state index < -0.39 is 0 Å². The second-order valence-corrected chi connectivity index (χ2v) is 5.86. The second-order valence-electron chi connectivity index (χ2n) is 5.86. The van der Waals surface area contributed by atoms with E-state index >= 15 is 0 Å². The Kier molecular flexibility index (Phi) is 3.74. The fourth-order valence-electron chi connectivity index (χ4n) is 3.13. The SMILES string of the molecule is O=C(NCC1(c2ccc(F)cc2)CCC1)[C@@H]1CCCO1. The lowest BCUT2D eigenvalue weighted by Crippen LogP contribution is -2.47. The fraction of sp³-hybridized carbons (Fsp3) is 0.562. The van der Waals surface area contributed by atoms with E-state index in [2.05, 4.69) is 5.32 Å². The first-order valence-corrected chi connectivity index (χ1v) is 7.35. The summed E-state index contributed by atoms with van der Waals surface area (Å²) in [6.07, 6.45) is 4.75. The molecule has 0 radical (unpaired) electrons. The fourth-order valence-corrected chi connectivity index (χ4v) is 3.13. The zero-order valence-corrected chi connectivity index (χ0v) is 11.5. The molecule has 1 aliphatic carbocycles. The summed E-state index contributed by atoms with van der Waals surface area (Å²) in [5.74, 6) is -0.220. The van der Waals surface area contributed by atoms with Gasteiger partial charge in [0.15, 0.2) is 0 Å². The third-order valence-corrected chi connectivity index (χ3v) is 4.59. The number of hydrogen-bond donors (Lipinski definition) is 1. The third-order valence-electron chi connectivity index (χ3n) is 4.59. The van der Waals surface area contributed by atoms with Crippen molar-refractivity contribution in [3.63, 3.8) is 0 Å². The maximum Gasteiger partial charge on any atom is 0.249 e. The maximum absolute atomic E-state index is 13.0. The monoisotopic (exact) mass is 277 g/mol. The molecule has 1 atom stereocenters. The van der Waals surface area contributed by atoms with Crippen molar-refractivity contribution < 1.29 is 13.9 Å². The quantitative estimate of drug-likeness (QED) is 0.918. The van der Waals surface area contributed by atoms with E-state index in [1.54, 1.807) is 0 Å². The molecule has 2 fully saturated rings. The first kappa shape index (κ1) is 13.6. The smallest absolute Gasteiger partial charge is 0.249 e. The average Bonchev–Trinajstić information content (AvgIpc) is 2.93. The molecule has 1 amide bonds. The van der Waals surface area contributed by atoms with Gasteiger partial charge in [0.1, 0.15) is 11.9 Å². The number of benzene rings is 1. The Balaban J connectivity index is 1.64. The summed E-state index contributed by atoms with van der Waals surface area (Å²) in [6, 6.07) is 6.67. The van der Waals surface area contributed by atoms with E-state index in [9.17, 15) is 9.18 Å². The van der Waals surface area contributed by atoms with Gasteiger partial charge in [0.05, 0.1) is 0 Å². The number of nitrogens with one attached hydrogen (secondary N) is 1. The number of ether oxygens (including phenoxy) is 1. The van der Waals surface area contributed by atoms with E-state index in [1.165, 1.54) is 12.1 Å². The molecule has 1 heterocycles. The molecule has 0 bridgehead atoms. The molecule has 3 rings (SSSR count). The molecule has 2 aliphatic rings. The summed E-state index contributed by atoms with van der Waals surface area (Å²) >= 11 is 0. The van der Waals surface area contributed by atoms with Crippen LogP contribution in [-0.4, -0.2) is 25.2 Å². The van der Waals surface area contributed by atoms with Crippen molar-refractivity contribution in [2.45, 2.75) is 43.6 Å². The van der Waals surface area contributed by atoms with Crippen molar-refractivity contribution in [2.75, 3.05) is 13.2 Å². The highest BCUT2D eigenvalue weighted by Gasteiger charge is 2.39. The predicted molar refractivity (Wildman–Crippen MR) is 73.9 cm³/mol. The van der Waals surface area contributed by atoms with Crippen LogP contribution in [0.3, 0.4) is 0 Å². The summed E-state index contributed by atoms with van der Waals surface area (Å²) in [7, 11) is 0. The van der Waals surface area contributed by atoms with Crippen molar-refractivity contribution in [1.82, 2.24) is 5.32 Å². The van der Waals surface area contributed by atoms with Crippen LogP contribution in [0.5, 0.6) is 0 Å². The molecule has 1 saturated carbocycles. The first-order chi connectivity index (χ1) is 9.70. The predicted octanol–water partition coefficient (Wildman–Crippen LogP) is 2.54. The Morgan fingerprint density at radius 1 is 1.30 bits per heavy atom. The molecule has 0 unspecified atom stereocenters. The van der Waals surface area contributed by atoms with Crippen molar-refractivity contribution in [2.24, 2.45) is 0 Å². The van der Waals surface area contributed by atoms with Gasteiger partial charge in [-0.05, 0) is 43.4 Å². The number of hydrogen-bond acceptors (Lipinski definition) is 2. The van der Waals surface area contributed by atoms with Gasteiger partial charge in [-0.15, -0.1) is 0 Å². The van der Waals surface area contributed by atoms with E-state index in [0.29, 0.717) is 13.2 Å². The minimum atomic E-state index is -0.277. The van der Waals surface area contributed by atoms with Crippen LogP contribution in [0.25, 0.3) is 0 Å². The molecule has 1 aromatic rings. The summed E-state index contributed by atoms with van der Waals surface area (Å²) in [5, 5.41) is 3.02. The zero-order valence-electron chi connectivity index (χ0n) is 11.5. The Labute approximate surface area is 118 Å². The Hall–Kier alpha value is -1.42. The lowest BCUT2D eigenvalue weighted by molar-refractivity contribution is -0.130. The molecule has 1 aliphatic heterocycles. The lowest BCUT2D eigenvalue weighted by atomic mass is 9.64. The highest BCUT2D eigenvalue weighted by atomic mass is 19.1. The highest BCUT2D eigenvalue weighted by Crippen LogP contribution is 2.43. The van der Waals surface area contributed by atoms with E-state index in [4.69, 9.17) is 4.74 Å². The van der Waals surface area contributed by atoms with Crippen molar-refractivity contribution in [3.8, 4) is 0 Å². The van der Waals surface area contributed by atoms with Gasteiger partial charge >= 0.3 is 0 Å². The zero-order chi connectivity index (χ0) is 14.0. The van der Waals surface area contributed by atoms with Gasteiger partial charge in [-0.25, -0.2) is 4.39 Å². The number of rotatable bonds is 4. The summed E-state index contributed by atoms with van der Waals surface area (Å²) in [5.41, 5.74) is 1.11. The van der Waals surface area contributed by atoms with Crippen LogP contribution in [0.15, 0.2) is 24.3 Å². The van der Waals surface area contributed by atoms with Crippen molar-refractivity contribution >= 4 is 5.91 Å². The van der Waals surface area contributed by atoms with Gasteiger partial charge < -0.3 is 10.1 Å². The third kappa shape index (κ3) is 2.57. The first-order valence-electron chi connectivity index (χ1n) is 7.35. The van der Waals surface area contributed by atoms with Gasteiger partial charge in [-0.2, -0.15) is 0 Å². The van der Waals surface area contributed by atoms with E-state index in [1.807, 2.05) is 12.1 Å². The Morgan fingerprint density at radius 3 is 2.60 bits per heavy atom. The van der Waals surface area contributed by atoms with Gasteiger partial charge in [-0.1, -0.05) is 18.6 Å². The molecule has 1 saturated heterocycles. The van der Waals surface area contributed by atoms with E-state index in [-0.39, 0.29) is 23.2 Å². The topological polar surface area (TPSA) is 38.3 Å². The van der Waals surface area contributed by atoms with Gasteiger partial charge in [-0.3, -0.25) is 4.79 Å². The van der Waals surface area contributed by atoms with Gasteiger partial charge in [0.2, 0.25) is 5.91 Å². The minimum absolute atomic E-state index is 0.00381. The standard InChI is InChI=1S/C16H20FNO2/c17-13-6-4-12(5-7-13)16(8-2-9-16)11-18-15(19)14-3-1-10-20-14/h4-7,14H,1-3,8-11H2,(H,18,19)/t14-/m0/s1. The van der Waals surface area contributed by atoms with Gasteiger partial charge in [0.25, 0.3) is 0 Å². The summed E-state index contributed by atoms with van der Waals surface area (Å²) in [6.45, 7) is 1.30. The number of carbonyl (C=O) groups excluding carboxylic acids is 1. The number of amides is 1. The number of halogens is 1. The molecule has 4 heteroatoms. The van der Waals surface area contributed by atoms with Crippen molar-refractivity contribution in [1.29, 1.82) is 0 Å². The van der Waals surface area contributed by atoms with Crippen LogP contribution in [0.1, 0.15) is 37.7 Å². The molecule has 0 spiro atoms.